The molecule has 2 rings (SSSR count). The SMILES string of the molecule is C[I-]c1ccc2c(c1)CC(=O)N2. The van der Waals surface area contributed by atoms with Crippen LogP contribution in [0, 0.1) is 3.57 Å². The van der Waals surface area contributed by atoms with Crippen LogP contribution in [-0.2, 0) is 11.2 Å². The zero-order valence-corrected chi connectivity index (χ0v) is 8.88. The fourth-order valence-corrected chi connectivity index (χ4v) is 2.54. The predicted molar refractivity (Wildman–Crippen MR) is 43.4 cm³/mol. The molecule has 0 spiro atoms. The van der Waals surface area contributed by atoms with Crippen LogP contribution >= 0.6 is 0 Å². The van der Waals surface area contributed by atoms with Crippen LogP contribution < -0.4 is 26.5 Å². The van der Waals surface area contributed by atoms with Crippen molar-refractivity contribution in [3.63, 3.8) is 0 Å². The van der Waals surface area contributed by atoms with Crippen molar-refractivity contribution in [1.29, 1.82) is 0 Å². The number of carbonyl (C=O) groups is 1. The van der Waals surface area contributed by atoms with E-state index in [9.17, 15) is 4.79 Å². The summed E-state index contributed by atoms with van der Waals surface area (Å²) in [7, 11) is 0. The molecule has 1 aliphatic rings. The monoisotopic (exact) mass is 274 g/mol. The molecule has 0 fully saturated rings. The Labute approximate surface area is 81.6 Å². The van der Waals surface area contributed by atoms with Crippen LogP contribution in [0.1, 0.15) is 5.56 Å². The van der Waals surface area contributed by atoms with Gasteiger partial charge in [-0.25, -0.2) is 0 Å². The fourth-order valence-electron chi connectivity index (χ4n) is 1.32. The molecule has 3 heteroatoms. The summed E-state index contributed by atoms with van der Waals surface area (Å²) >= 11 is 0.148. The van der Waals surface area contributed by atoms with Gasteiger partial charge in [0.1, 0.15) is 0 Å². The average molecular weight is 274 g/mol. The molecule has 0 bridgehead atoms. The first kappa shape index (κ1) is 8.04. The van der Waals surface area contributed by atoms with Gasteiger partial charge >= 0.3 is 81.6 Å². The van der Waals surface area contributed by atoms with Gasteiger partial charge in [0.25, 0.3) is 0 Å². The maximum absolute atomic E-state index is 11.0. The molecule has 0 aromatic heterocycles. The first-order valence-corrected chi connectivity index (χ1v) is 6.95. The van der Waals surface area contributed by atoms with Crippen molar-refractivity contribution in [2.75, 3.05) is 10.2 Å². The van der Waals surface area contributed by atoms with E-state index in [2.05, 4.69) is 22.4 Å². The summed E-state index contributed by atoms with van der Waals surface area (Å²) in [6.45, 7) is 0. The standard InChI is InChI=1S/C9H9INO/c1-10-7-2-3-8-6(4-7)5-9(12)11-8/h2-4H,5H2,1H3,(H,11,12)/q-1. The number of anilines is 1. The Morgan fingerprint density at radius 1 is 1.50 bits per heavy atom. The molecule has 2 nitrogen and oxygen atoms in total. The van der Waals surface area contributed by atoms with Gasteiger partial charge in [-0.2, -0.15) is 0 Å². The van der Waals surface area contributed by atoms with Crippen molar-refractivity contribution >= 4 is 11.6 Å². The Morgan fingerprint density at radius 3 is 3.08 bits per heavy atom. The number of benzene rings is 1. The van der Waals surface area contributed by atoms with Gasteiger partial charge in [-0.1, -0.05) is 0 Å². The summed E-state index contributed by atoms with van der Waals surface area (Å²) in [6, 6.07) is 6.27. The molecular weight excluding hydrogens is 265 g/mol. The van der Waals surface area contributed by atoms with Crippen LogP contribution in [0.3, 0.4) is 0 Å². The molecule has 1 N–H and O–H groups in total. The van der Waals surface area contributed by atoms with Crippen LogP contribution in [0.5, 0.6) is 0 Å². The van der Waals surface area contributed by atoms with Crippen molar-refractivity contribution in [2.24, 2.45) is 0 Å². The average Bonchev–Trinajstić information content (AvgIpc) is 2.43. The number of carbonyl (C=O) groups excluding carboxylic acids is 1. The third kappa shape index (κ3) is 1.33. The Morgan fingerprint density at radius 2 is 2.33 bits per heavy atom. The number of rotatable bonds is 1. The molecule has 64 valence electrons. The van der Waals surface area contributed by atoms with Gasteiger partial charge in [0.15, 0.2) is 0 Å². The number of halogens is 1. The Kier molecular flexibility index (Phi) is 2.04. The van der Waals surface area contributed by atoms with Crippen LogP contribution in [-0.4, -0.2) is 10.8 Å². The van der Waals surface area contributed by atoms with Crippen molar-refractivity contribution < 1.29 is 26.0 Å². The van der Waals surface area contributed by atoms with Crippen molar-refractivity contribution in [1.82, 2.24) is 0 Å². The zero-order valence-electron chi connectivity index (χ0n) is 6.73. The molecule has 1 aromatic carbocycles. The first-order chi connectivity index (χ1) is 5.79. The van der Waals surface area contributed by atoms with Gasteiger partial charge in [0, 0.05) is 0 Å². The Balaban J connectivity index is 2.41. The van der Waals surface area contributed by atoms with Gasteiger partial charge in [-0.05, 0) is 0 Å². The number of hydrogen-bond donors (Lipinski definition) is 1. The van der Waals surface area contributed by atoms with Crippen LogP contribution in [0.2, 0.25) is 0 Å². The summed E-state index contributed by atoms with van der Waals surface area (Å²) in [5.74, 6) is 0.122. The Bertz CT molecular complexity index is 335. The van der Waals surface area contributed by atoms with Crippen LogP contribution in [0.15, 0.2) is 18.2 Å². The molecule has 12 heavy (non-hydrogen) atoms. The third-order valence-corrected chi connectivity index (χ3v) is 3.83. The van der Waals surface area contributed by atoms with E-state index in [0.29, 0.717) is 6.42 Å². The second kappa shape index (κ2) is 3.05. The molecule has 1 aromatic rings. The second-order valence-electron chi connectivity index (χ2n) is 2.72. The predicted octanol–water partition coefficient (Wildman–Crippen LogP) is -1.93. The second-order valence-corrected chi connectivity index (χ2v) is 5.04. The number of hydrogen-bond acceptors (Lipinski definition) is 1. The minimum absolute atomic E-state index is 0.122. The van der Waals surface area contributed by atoms with Crippen molar-refractivity contribution in [3.05, 3.63) is 27.3 Å². The number of amides is 1. The van der Waals surface area contributed by atoms with E-state index in [1.54, 1.807) is 0 Å². The molecule has 1 amide bonds. The van der Waals surface area contributed by atoms with E-state index in [-0.39, 0.29) is 27.1 Å². The van der Waals surface area contributed by atoms with Crippen molar-refractivity contribution in [3.8, 4) is 0 Å². The molecule has 0 saturated carbocycles. The normalized spacial score (nSPS) is 14.6. The molecule has 0 atom stereocenters. The number of alkyl halides is 1. The zero-order chi connectivity index (χ0) is 8.55. The molecule has 0 saturated heterocycles. The molecular formula is C9H9INO-. The van der Waals surface area contributed by atoms with Gasteiger partial charge < -0.3 is 0 Å². The molecule has 0 unspecified atom stereocenters. The van der Waals surface area contributed by atoms with E-state index < -0.39 is 0 Å². The van der Waals surface area contributed by atoms with Crippen LogP contribution in [0.25, 0.3) is 0 Å². The summed E-state index contributed by atoms with van der Waals surface area (Å²) in [4.78, 5) is 13.2. The molecule has 1 aliphatic heterocycles. The maximum atomic E-state index is 11.0. The fraction of sp³-hybridized carbons (Fsp3) is 0.222. The van der Waals surface area contributed by atoms with E-state index in [1.165, 1.54) is 9.13 Å². The number of nitrogens with one attached hydrogen (secondary N) is 1. The van der Waals surface area contributed by atoms with Gasteiger partial charge in [-0.3, -0.25) is 0 Å². The van der Waals surface area contributed by atoms with E-state index in [0.717, 1.165) is 5.69 Å². The van der Waals surface area contributed by atoms with Gasteiger partial charge in [0.2, 0.25) is 0 Å². The summed E-state index contributed by atoms with van der Waals surface area (Å²) in [6.07, 6.45) is 0.562. The van der Waals surface area contributed by atoms with E-state index >= 15 is 0 Å². The first-order valence-electron chi connectivity index (χ1n) is 3.72. The molecule has 1 heterocycles. The topological polar surface area (TPSA) is 29.1 Å². The number of fused-ring (bicyclic) bond motifs is 1. The van der Waals surface area contributed by atoms with Gasteiger partial charge in [0.05, 0.1) is 0 Å². The third-order valence-electron chi connectivity index (χ3n) is 1.91. The Hall–Kier alpha value is -0.580. The molecule has 0 radical (unpaired) electrons. The van der Waals surface area contributed by atoms with Gasteiger partial charge in [-0.15, -0.1) is 0 Å². The minimum atomic E-state index is 0.122. The quantitative estimate of drug-likeness (QED) is 0.469. The van der Waals surface area contributed by atoms with E-state index in [4.69, 9.17) is 0 Å². The van der Waals surface area contributed by atoms with Crippen molar-refractivity contribution in [2.45, 2.75) is 6.42 Å². The summed E-state index contributed by atoms with van der Waals surface area (Å²) in [5.41, 5.74) is 2.17. The summed E-state index contributed by atoms with van der Waals surface area (Å²) in [5, 5.41) is 2.82. The van der Waals surface area contributed by atoms with E-state index in [1.807, 2.05) is 6.07 Å². The van der Waals surface area contributed by atoms with Crippen LogP contribution in [0.4, 0.5) is 5.69 Å². The molecule has 0 aliphatic carbocycles. The summed E-state index contributed by atoms with van der Waals surface area (Å²) < 4.78 is 1.41.